The third kappa shape index (κ3) is 3.40. The van der Waals surface area contributed by atoms with Crippen molar-refractivity contribution in [1.29, 1.82) is 0 Å². The van der Waals surface area contributed by atoms with Crippen LogP contribution < -0.4 is 10.9 Å². The van der Waals surface area contributed by atoms with Crippen molar-refractivity contribution in [2.24, 2.45) is 0 Å². The van der Waals surface area contributed by atoms with Crippen LogP contribution in [0.15, 0.2) is 4.79 Å². The Bertz CT molecular complexity index is 472. The average Bonchev–Trinajstić information content (AvgIpc) is 2.35. The van der Waals surface area contributed by atoms with Gasteiger partial charge in [0.15, 0.2) is 0 Å². The molecule has 1 heterocycles. The van der Waals surface area contributed by atoms with Crippen LogP contribution in [0.3, 0.4) is 0 Å². The number of aromatic nitrogens is 2. The molecule has 1 atom stereocenters. The molecule has 108 valence electrons. The Morgan fingerprint density at radius 2 is 1.95 bits per heavy atom. The molecule has 0 aromatic carbocycles. The molecule has 0 saturated heterocycles. The Balaban J connectivity index is 3.08. The number of aromatic amines is 1. The first-order chi connectivity index (χ1) is 8.89. The van der Waals surface area contributed by atoms with E-state index in [0.717, 1.165) is 0 Å². The fraction of sp³-hybridized carbons (Fsp3) is 0.692. The second kappa shape index (κ2) is 6.27. The van der Waals surface area contributed by atoms with Gasteiger partial charge in [0, 0.05) is 11.7 Å². The summed E-state index contributed by atoms with van der Waals surface area (Å²) in [6, 6.07) is -0.309. The number of rotatable bonds is 6. The van der Waals surface area contributed by atoms with Crippen LogP contribution in [-0.4, -0.2) is 38.9 Å². The summed E-state index contributed by atoms with van der Waals surface area (Å²) >= 11 is 0. The Kier molecular flexibility index (Phi) is 5.22. The molecule has 0 spiro atoms. The summed E-state index contributed by atoms with van der Waals surface area (Å²) < 4.78 is 0. The maximum absolute atomic E-state index is 12.0. The zero-order valence-electron chi connectivity index (χ0n) is 11.9. The van der Waals surface area contributed by atoms with E-state index in [1.807, 2.05) is 13.8 Å². The molecule has 0 amide bonds. The largest absolute Gasteiger partial charge is 0.394 e. The molecule has 1 rings (SSSR count). The van der Waals surface area contributed by atoms with E-state index in [-0.39, 0.29) is 24.8 Å². The maximum atomic E-state index is 12.0. The molecule has 0 radical (unpaired) electrons. The summed E-state index contributed by atoms with van der Waals surface area (Å²) in [5, 5.41) is 22.0. The molecule has 0 saturated carbocycles. The molecule has 4 N–H and O–H groups in total. The summed E-state index contributed by atoms with van der Waals surface area (Å²) in [5.74, 6) is 0.574. The molecular weight excluding hydrogens is 246 g/mol. The number of hydrogen-bond donors (Lipinski definition) is 4. The summed E-state index contributed by atoms with van der Waals surface area (Å²) in [4.78, 5) is 18.9. The molecule has 1 aromatic heterocycles. The van der Waals surface area contributed by atoms with E-state index in [1.54, 1.807) is 13.8 Å². The van der Waals surface area contributed by atoms with Gasteiger partial charge in [0.1, 0.15) is 5.82 Å². The van der Waals surface area contributed by atoms with Gasteiger partial charge in [0.25, 0.3) is 5.56 Å². The normalized spacial score (nSPS) is 13.6. The fourth-order valence-corrected chi connectivity index (χ4v) is 2.24. The van der Waals surface area contributed by atoms with Gasteiger partial charge in [-0.1, -0.05) is 6.92 Å². The second-order valence-electron chi connectivity index (χ2n) is 4.97. The van der Waals surface area contributed by atoms with E-state index in [1.165, 1.54) is 0 Å². The van der Waals surface area contributed by atoms with Crippen LogP contribution >= 0.6 is 0 Å². The van der Waals surface area contributed by atoms with Gasteiger partial charge in [0.05, 0.1) is 24.3 Å². The van der Waals surface area contributed by atoms with Crippen molar-refractivity contribution in [3.05, 3.63) is 27.4 Å². The van der Waals surface area contributed by atoms with Crippen molar-refractivity contribution in [3.8, 4) is 0 Å². The second-order valence-corrected chi connectivity index (χ2v) is 4.97. The Morgan fingerprint density at radius 3 is 2.37 bits per heavy atom. The van der Waals surface area contributed by atoms with E-state index in [9.17, 15) is 15.0 Å². The minimum absolute atomic E-state index is 0.189. The van der Waals surface area contributed by atoms with Crippen molar-refractivity contribution in [2.45, 2.75) is 45.7 Å². The number of hydrogen-bond acceptors (Lipinski definition) is 5. The highest BCUT2D eigenvalue weighted by molar-refractivity contribution is 5.20. The minimum Gasteiger partial charge on any atom is -0.394 e. The van der Waals surface area contributed by atoms with Crippen LogP contribution in [0.4, 0.5) is 0 Å². The number of nitrogens with one attached hydrogen (secondary N) is 2. The Labute approximate surface area is 112 Å². The van der Waals surface area contributed by atoms with Crippen molar-refractivity contribution in [1.82, 2.24) is 15.3 Å². The van der Waals surface area contributed by atoms with Crippen LogP contribution in [0, 0.1) is 13.8 Å². The third-order valence-corrected chi connectivity index (χ3v) is 3.50. The lowest BCUT2D eigenvalue weighted by molar-refractivity contribution is 0.0790. The van der Waals surface area contributed by atoms with E-state index in [2.05, 4.69) is 15.3 Å². The Hall–Kier alpha value is -1.24. The van der Waals surface area contributed by atoms with Crippen molar-refractivity contribution >= 4 is 0 Å². The fourth-order valence-electron chi connectivity index (χ4n) is 2.24. The number of H-pyrrole nitrogens is 1. The first-order valence-corrected chi connectivity index (χ1v) is 6.46. The van der Waals surface area contributed by atoms with Gasteiger partial charge in [-0.3, -0.25) is 4.79 Å². The van der Waals surface area contributed by atoms with Crippen molar-refractivity contribution in [2.75, 3.05) is 13.2 Å². The topological polar surface area (TPSA) is 98.2 Å². The summed E-state index contributed by atoms with van der Waals surface area (Å²) in [6.45, 7) is 6.82. The standard InChI is InChI=1S/C13H23N3O3/c1-5-13(6-17,7-18)16-9(3)11-8(2)14-10(4)15-12(11)19/h9,16-18H,5-7H2,1-4H3,(H,14,15,19). The van der Waals surface area contributed by atoms with E-state index >= 15 is 0 Å². The first-order valence-electron chi connectivity index (χ1n) is 6.46. The highest BCUT2D eigenvalue weighted by atomic mass is 16.3. The highest BCUT2D eigenvalue weighted by Crippen LogP contribution is 2.18. The van der Waals surface area contributed by atoms with E-state index < -0.39 is 5.54 Å². The SMILES string of the molecule is CCC(CO)(CO)NC(C)c1c(C)nc(C)[nH]c1=O. The van der Waals surface area contributed by atoms with Crippen LogP contribution in [0.25, 0.3) is 0 Å². The molecule has 0 aliphatic heterocycles. The van der Waals surface area contributed by atoms with Gasteiger partial charge in [-0.15, -0.1) is 0 Å². The lowest BCUT2D eigenvalue weighted by Crippen LogP contribution is -2.52. The molecular formula is C13H23N3O3. The van der Waals surface area contributed by atoms with Crippen molar-refractivity contribution < 1.29 is 10.2 Å². The lowest BCUT2D eigenvalue weighted by Gasteiger charge is -2.33. The smallest absolute Gasteiger partial charge is 0.255 e. The molecule has 19 heavy (non-hydrogen) atoms. The predicted octanol–water partition coefficient (Wildman–Crippen LogP) is 0.171. The molecule has 0 aliphatic rings. The van der Waals surface area contributed by atoms with Crippen LogP contribution in [0.2, 0.25) is 0 Å². The Morgan fingerprint density at radius 1 is 1.37 bits per heavy atom. The maximum Gasteiger partial charge on any atom is 0.255 e. The first kappa shape index (κ1) is 15.8. The van der Waals surface area contributed by atoms with Gasteiger partial charge in [-0.2, -0.15) is 0 Å². The monoisotopic (exact) mass is 269 g/mol. The molecule has 0 aliphatic carbocycles. The number of nitrogens with zero attached hydrogens (tertiary/aromatic N) is 1. The van der Waals surface area contributed by atoms with Gasteiger partial charge in [-0.05, 0) is 27.2 Å². The third-order valence-electron chi connectivity index (χ3n) is 3.50. The van der Waals surface area contributed by atoms with Crippen LogP contribution in [0.1, 0.15) is 43.4 Å². The predicted molar refractivity (Wildman–Crippen MR) is 73.1 cm³/mol. The highest BCUT2D eigenvalue weighted by Gasteiger charge is 2.29. The lowest BCUT2D eigenvalue weighted by atomic mass is 9.95. The number of aliphatic hydroxyl groups is 2. The van der Waals surface area contributed by atoms with Gasteiger partial charge < -0.3 is 20.5 Å². The number of aliphatic hydroxyl groups excluding tert-OH is 2. The zero-order valence-corrected chi connectivity index (χ0v) is 11.9. The molecule has 6 heteroatoms. The molecule has 1 aromatic rings. The zero-order chi connectivity index (χ0) is 14.6. The molecule has 1 unspecified atom stereocenters. The van der Waals surface area contributed by atoms with Crippen molar-refractivity contribution in [3.63, 3.8) is 0 Å². The van der Waals surface area contributed by atoms with E-state index in [4.69, 9.17) is 0 Å². The van der Waals surface area contributed by atoms with Gasteiger partial charge in [0.2, 0.25) is 0 Å². The molecule has 6 nitrogen and oxygen atoms in total. The van der Waals surface area contributed by atoms with Gasteiger partial charge >= 0.3 is 0 Å². The van der Waals surface area contributed by atoms with Crippen LogP contribution in [0.5, 0.6) is 0 Å². The minimum atomic E-state index is -0.789. The van der Waals surface area contributed by atoms with Crippen LogP contribution in [-0.2, 0) is 0 Å². The summed E-state index contributed by atoms with van der Waals surface area (Å²) in [6.07, 6.45) is 0.556. The quantitative estimate of drug-likeness (QED) is 0.590. The number of aryl methyl sites for hydroxylation is 2. The summed E-state index contributed by atoms with van der Waals surface area (Å²) in [7, 11) is 0. The average molecular weight is 269 g/mol. The van der Waals surface area contributed by atoms with E-state index in [0.29, 0.717) is 23.5 Å². The molecule has 0 bridgehead atoms. The van der Waals surface area contributed by atoms with Gasteiger partial charge in [-0.25, -0.2) is 4.98 Å². The summed E-state index contributed by atoms with van der Waals surface area (Å²) in [5.41, 5.74) is 0.210. The molecule has 0 fully saturated rings.